The molecule has 0 aliphatic carbocycles. The van der Waals surface area contributed by atoms with E-state index in [1.807, 2.05) is 25.7 Å². The molecule has 2 N–H and O–H groups in total. The summed E-state index contributed by atoms with van der Waals surface area (Å²) in [6, 6.07) is 6.84. The van der Waals surface area contributed by atoms with Gasteiger partial charge in [-0.15, -0.1) is 0 Å². The van der Waals surface area contributed by atoms with Crippen LogP contribution in [0.5, 0.6) is 0 Å². The average Bonchev–Trinajstić information content (AvgIpc) is 3.04. The van der Waals surface area contributed by atoms with E-state index in [2.05, 4.69) is 10.6 Å². The highest BCUT2D eigenvalue weighted by atomic mass is 16.5. The van der Waals surface area contributed by atoms with E-state index in [1.165, 1.54) is 0 Å². The summed E-state index contributed by atoms with van der Waals surface area (Å²) >= 11 is 0. The maximum absolute atomic E-state index is 12.7. The molecule has 132 valence electrons. The van der Waals surface area contributed by atoms with Crippen LogP contribution in [-0.4, -0.2) is 49.2 Å². The Morgan fingerprint density at radius 1 is 1.38 bits per heavy atom. The molecule has 0 aromatic heterocycles. The van der Waals surface area contributed by atoms with Crippen molar-refractivity contribution in [2.75, 3.05) is 31.6 Å². The number of carbonyl (C=O) groups is 2. The van der Waals surface area contributed by atoms with E-state index in [-0.39, 0.29) is 18.0 Å². The predicted octanol–water partition coefficient (Wildman–Crippen LogP) is 2.72. The molecule has 1 aliphatic heterocycles. The van der Waals surface area contributed by atoms with E-state index in [9.17, 15) is 9.59 Å². The van der Waals surface area contributed by atoms with Crippen molar-refractivity contribution in [2.24, 2.45) is 5.92 Å². The summed E-state index contributed by atoms with van der Waals surface area (Å²) < 4.78 is 5.39. The molecule has 0 bridgehead atoms. The van der Waals surface area contributed by atoms with E-state index >= 15 is 0 Å². The molecule has 2 rings (SSSR count). The first-order valence-electron chi connectivity index (χ1n) is 8.54. The van der Waals surface area contributed by atoms with E-state index < -0.39 is 0 Å². The standard InChI is InChI=1S/C18H27N3O3/c1-4-21(11-14-8-9-24-12-14)17(22)15-6-5-7-16(10-15)20-18(23)19-13(2)3/h5-7,10,13-14H,4,8-9,11-12H2,1-3H3,(H2,19,20,23)/t14-/m1/s1. The molecule has 1 aliphatic rings. The van der Waals surface area contributed by atoms with Crippen molar-refractivity contribution >= 4 is 17.6 Å². The third-order valence-electron chi connectivity index (χ3n) is 3.96. The number of amides is 3. The number of hydrogen-bond acceptors (Lipinski definition) is 3. The van der Waals surface area contributed by atoms with Gasteiger partial charge in [-0.1, -0.05) is 6.07 Å². The van der Waals surface area contributed by atoms with Crippen LogP contribution in [0.25, 0.3) is 0 Å². The van der Waals surface area contributed by atoms with Crippen LogP contribution in [0.1, 0.15) is 37.6 Å². The second-order valence-electron chi connectivity index (χ2n) is 6.41. The van der Waals surface area contributed by atoms with Crippen molar-refractivity contribution in [1.82, 2.24) is 10.2 Å². The quantitative estimate of drug-likeness (QED) is 0.841. The Bertz CT molecular complexity index is 568. The van der Waals surface area contributed by atoms with Gasteiger partial charge in [0, 0.05) is 42.9 Å². The third-order valence-corrected chi connectivity index (χ3v) is 3.96. The van der Waals surface area contributed by atoms with E-state index in [4.69, 9.17) is 4.74 Å². The lowest BCUT2D eigenvalue weighted by Crippen LogP contribution is -2.36. The predicted molar refractivity (Wildman–Crippen MR) is 94.2 cm³/mol. The van der Waals surface area contributed by atoms with Gasteiger partial charge in [-0.2, -0.15) is 0 Å². The van der Waals surface area contributed by atoms with E-state index in [0.29, 0.717) is 30.3 Å². The number of nitrogens with zero attached hydrogens (tertiary/aromatic N) is 1. The molecule has 1 atom stereocenters. The van der Waals surface area contributed by atoms with Gasteiger partial charge in [-0.25, -0.2) is 4.79 Å². The molecule has 1 fully saturated rings. The number of hydrogen-bond donors (Lipinski definition) is 2. The smallest absolute Gasteiger partial charge is 0.319 e. The Morgan fingerprint density at radius 3 is 2.79 bits per heavy atom. The summed E-state index contributed by atoms with van der Waals surface area (Å²) in [6.45, 7) is 8.63. The number of urea groups is 1. The molecule has 24 heavy (non-hydrogen) atoms. The van der Waals surface area contributed by atoms with Crippen molar-refractivity contribution in [3.8, 4) is 0 Å². The minimum Gasteiger partial charge on any atom is -0.381 e. The van der Waals surface area contributed by atoms with Gasteiger partial charge in [0.05, 0.1) is 6.61 Å². The molecule has 1 saturated heterocycles. The first-order chi connectivity index (χ1) is 11.5. The molecule has 1 heterocycles. The summed E-state index contributed by atoms with van der Waals surface area (Å²) in [4.78, 5) is 26.4. The lowest BCUT2D eigenvalue weighted by molar-refractivity contribution is 0.0731. The van der Waals surface area contributed by atoms with E-state index in [0.717, 1.165) is 19.6 Å². The highest BCUT2D eigenvalue weighted by Gasteiger charge is 2.22. The summed E-state index contributed by atoms with van der Waals surface area (Å²) in [5.74, 6) is 0.393. The van der Waals surface area contributed by atoms with Crippen LogP contribution in [0.2, 0.25) is 0 Å². The first kappa shape index (κ1) is 18.3. The highest BCUT2D eigenvalue weighted by Crippen LogP contribution is 2.17. The number of benzene rings is 1. The summed E-state index contributed by atoms with van der Waals surface area (Å²) in [5.41, 5.74) is 1.19. The molecule has 1 aromatic carbocycles. The minimum atomic E-state index is -0.273. The lowest BCUT2D eigenvalue weighted by atomic mass is 10.1. The normalized spacial score (nSPS) is 16.9. The van der Waals surface area contributed by atoms with Crippen molar-refractivity contribution < 1.29 is 14.3 Å². The first-order valence-corrected chi connectivity index (χ1v) is 8.54. The van der Waals surface area contributed by atoms with Gasteiger partial charge in [0.1, 0.15) is 0 Å². The lowest BCUT2D eigenvalue weighted by Gasteiger charge is -2.24. The largest absolute Gasteiger partial charge is 0.381 e. The van der Waals surface area contributed by atoms with Crippen LogP contribution in [0.15, 0.2) is 24.3 Å². The van der Waals surface area contributed by atoms with Crippen molar-refractivity contribution in [3.63, 3.8) is 0 Å². The molecule has 0 radical (unpaired) electrons. The molecular weight excluding hydrogens is 306 g/mol. The molecule has 6 heteroatoms. The second-order valence-corrected chi connectivity index (χ2v) is 6.41. The number of ether oxygens (including phenoxy) is 1. The summed E-state index contributed by atoms with van der Waals surface area (Å²) in [5, 5.41) is 5.52. The van der Waals surface area contributed by atoms with Gasteiger partial charge < -0.3 is 20.3 Å². The van der Waals surface area contributed by atoms with Gasteiger partial charge >= 0.3 is 6.03 Å². The number of carbonyl (C=O) groups excluding carboxylic acids is 2. The van der Waals surface area contributed by atoms with Crippen LogP contribution >= 0.6 is 0 Å². The van der Waals surface area contributed by atoms with E-state index in [1.54, 1.807) is 24.3 Å². The molecule has 1 aromatic rings. The van der Waals surface area contributed by atoms with Crippen molar-refractivity contribution in [2.45, 2.75) is 33.2 Å². The van der Waals surface area contributed by atoms with Gasteiger partial charge in [0.25, 0.3) is 5.91 Å². The zero-order valence-corrected chi connectivity index (χ0v) is 14.7. The van der Waals surface area contributed by atoms with Gasteiger partial charge in [-0.3, -0.25) is 4.79 Å². The third kappa shape index (κ3) is 5.23. The molecule has 0 unspecified atom stereocenters. The van der Waals surface area contributed by atoms with Crippen molar-refractivity contribution in [1.29, 1.82) is 0 Å². The van der Waals surface area contributed by atoms with Crippen LogP contribution in [0.3, 0.4) is 0 Å². The van der Waals surface area contributed by atoms with Crippen LogP contribution in [0, 0.1) is 5.92 Å². The Labute approximate surface area is 143 Å². The van der Waals surface area contributed by atoms with Gasteiger partial charge in [0.15, 0.2) is 0 Å². The minimum absolute atomic E-state index is 0.0164. The van der Waals surface area contributed by atoms with Crippen LogP contribution in [0.4, 0.5) is 10.5 Å². The molecule has 0 saturated carbocycles. The maximum atomic E-state index is 12.7. The number of nitrogens with one attached hydrogen (secondary N) is 2. The average molecular weight is 333 g/mol. The monoisotopic (exact) mass is 333 g/mol. The zero-order chi connectivity index (χ0) is 17.5. The topological polar surface area (TPSA) is 70.7 Å². The zero-order valence-electron chi connectivity index (χ0n) is 14.7. The Morgan fingerprint density at radius 2 is 2.17 bits per heavy atom. The SMILES string of the molecule is CCN(C[C@H]1CCOC1)C(=O)c1cccc(NC(=O)NC(C)C)c1. The fourth-order valence-corrected chi connectivity index (χ4v) is 2.74. The maximum Gasteiger partial charge on any atom is 0.319 e. The summed E-state index contributed by atoms with van der Waals surface area (Å²) in [6.07, 6.45) is 1.00. The Kier molecular flexibility index (Phi) is 6.61. The molecule has 0 spiro atoms. The van der Waals surface area contributed by atoms with Crippen LogP contribution < -0.4 is 10.6 Å². The number of rotatable bonds is 6. The van der Waals surface area contributed by atoms with Gasteiger partial charge in [0.2, 0.25) is 0 Å². The fraction of sp³-hybridized carbons (Fsp3) is 0.556. The van der Waals surface area contributed by atoms with Crippen molar-refractivity contribution in [3.05, 3.63) is 29.8 Å². The number of anilines is 1. The summed E-state index contributed by atoms with van der Waals surface area (Å²) in [7, 11) is 0. The Balaban J connectivity index is 2.02. The highest BCUT2D eigenvalue weighted by molar-refractivity contribution is 5.97. The molecule has 3 amide bonds. The molecular formula is C18H27N3O3. The van der Waals surface area contributed by atoms with Gasteiger partial charge in [-0.05, 0) is 45.4 Å². The van der Waals surface area contributed by atoms with Crippen LogP contribution in [-0.2, 0) is 4.74 Å². The Hall–Kier alpha value is -2.08. The fourth-order valence-electron chi connectivity index (χ4n) is 2.74. The molecule has 6 nitrogen and oxygen atoms in total. The second kappa shape index (κ2) is 8.68.